The molecule has 2 aliphatic heterocycles. The van der Waals surface area contributed by atoms with Crippen molar-refractivity contribution < 1.29 is 19.2 Å². The second-order valence-corrected chi connectivity index (χ2v) is 8.85. The smallest absolute Gasteiger partial charge is 0.266 e. The molecule has 0 spiro atoms. The fourth-order valence-corrected chi connectivity index (χ4v) is 4.62. The lowest BCUT2D eigenvalue weighted by molar-refractivity contribution is -0.126. The van der Waals surface area contributed by atoms with Crippen molar-refractivity contribution in [2.45, 2.75) is 31.9 Å². The summed E-state index contributed by atoms with van der Waals surface area (Å²) in [5.41, 5.74) is 2.14. The molecule has 0 unspecified atom stereocenters. The van der Waals surface area contributed by atoms with Gasteiger partial charge in [0.1, 0.15) is 11.7 Å². The Labute approximate surface area is 203 Å². The van der Waals surface area contributed by atoms with Crippen LogP contribution < -0.4 is 14.7 Å². The van der Waals surface area contributed by atoms with Crippen molar-refractivity contribution in [3.8, 4) is 5.75 Å². The number of hydroxylamine groups is 1. The summed E-state index contributed by atoms with van der Waals surface area (Å²) < 4.78 is 5.71. The van der Waals surface area contributed by atoms with Crippen LogP contribution in [0.15, 0.2) is 78.9 Å². The van der Waals surface area contributed by atoms with Crippen molar-refractivity contribution in [1.82, 2.24) is 0 Å². The zero-order valence-corrected chi connectivity index (χ0v) is 19.5. The Morgan fingerprint density at radius 2 is 1.59 bits per heavy atom. The monoisotopic (exact) mass is 476 g/mol. The van der Waals surface area contributed by atoms with Crippen molar-refractivity contribution in [2.24, 2.45) is 5.92 Å². The molecule has 2 saturated heterocycles. The predicted molar refractivity (Wildman–Crippen MR) is 131 cm³/mol. The highest BCUT2D eigenvalue weighted by Crippen LogP contribution is 2.47. The van der Waals surface area contributed by atoms with Crippen LogP contribution in [0.3, 0.4) is 0 Å². The van der Waals surface area contributed by atoms with Gasteiger partial charge in [-0.15, -0.1) is 0 Å². The normalized spacial score (nSPS) is 21.8. The molecule has 5 rings (SSSR count). The summed E-state index contributed by atoms with van der Waals surface area (Å²) >= 11 is 6.11. The summed E-state index contributed by atoms with van der Waals surface area (Å²) in [7, 11) is 0. The predicted octanol–water partition coefficient (Wildman–Crippen LogP) is 5.57. The molecule has 2 amide bonds. The van der Waals surface area contributed by atoms with Crippen molar-refractivity contribution in [3.63, 3.8) is 0 Å². The lowest BCUT2D eigenvalue weighted by atomic mass is 9.90. The van der Waals surface area contributed by atoms with E-state index in [4.69, 9.17) is 21.2 Å². The number of carbonyl (C=O) groups excluding carboxylic acids is 2. The molecule has 174 valence electrons. The lowest BCUT2D eigenvalue weighted by Crippen LogP contribution is -2.37. The number of amides is 2. The highest BCUT2D eigenvalue weighted by atomic mass is 35.5. The molecule has 6 nitrogen and oxygen atoms in total. The zero-order valence-electron chi connectivity index (χ0n) is 18.8. The number of halogens is 1. The minimum absolute atomic E-state index is 0.284. The van der Waals surface area contributed by atoms with Crippen molar-refractivity contribution in [2.75, 3.05) is 16.6 Å². The van der Waals surface area contributed by atoms with Crippen LogP contribution in [0, 0.1) is 5.92 Å². The van der Waals surface area contributed by atoms with Crippen LogP contribution in [0.2, 0.25) is 5.02 Å². The van der Waals surface area contributed by atoms with Gasteiger partial charge in [-0.3, -0.25) is 14.4 Å². The third-order valence-corrected chi connectivity index (χ3v) is 6.45. The molecule has 3 atom stereocenters. The summed E-state index contributed by atoms with van der Waals surface area (Å²) in [6.07, 6.45) is 1.11. The largest absolute Gasteiger partial charge is 0.494 e. The molecule has 0 aromatic heterocycles. The van der Waals surface area contributed by atoms with Gasteiger partial charge in [0.05, 0.1) is 24.0 Å². The Morgan fingerprint density at radius 1 is 0.882 bits per heavy atom. The van der Waals surface area contributed by atoms with Gasteiger partial charge in [0.15, 0.2) is 6.10 Å². The Bertz CT molecular complexity index is 1170. The molecule has 2 fully saturated rings. The molecule has 0 aliphatic carbocycles. The summed E-state index contributed by atoms with van der Waals surface area (Å²) in [5.74, 6) is -0.628. The van der Waals surface area contributed by atoms with Gasteiger partial charge in [-0.05, 0) is 60.5 Å². The standard InChI is InChI=1S/C27H25ClN2O4/c1-2-3-17-33-22-15-13-20(14-16-22)29-26(31)23-24(18-9-11-19(28)12-10-18)30(34-25(23)27(29)32)21-7-5-4-6-8-21/h4-16,23-25H,2-3,17H2,1H3/t23-,24-,25-/m1/s1. The molecule has 0 saturated carbocycles. The van der Waals surface area contributed by atoms with Crippen molar-refractivity contribution >= 4 is 34.8 Å². The summed E-state index contributed by atoms with van der Waals surface area (Å²) in [5, 5.41) is 2.28. The number of nitrogens with zero attached hydrogens (tertiary/aromatic N) is 2. The summed E-state index contributed by atoms with van der Waals surface area (Å²) in [6.45, 7) is 2.74. The SMILES string of the molecule is CCCCOc1ccc(N2C(=O)[C@@H]3[C@@H](c4ccc(Cl)cc4)N(c4ccccc4)O[C@H]3C2=O)cc1. The maximum absolute atomic E-state index is 13.7. The number of ether oxygens (including phenoxy) is 1. The van der Waals surface area contributed by atoms with Crippen LogP contribution in [-0.4, -0.2) is 24.5 Å². The van der Waals surface area contributed by atoms with E-state index in [1.54, 1.807) is 41.5 Å². The number of imide groups is 1. The average Bonchev–Trinajstić information content (AvgIpc) is 3.37. The molecule has 2 aliphatic rings. The van der Waals surface area contributed by atoms with Crippen LogP contribution in [-0.2, 0) is 14.4 Å². The highest BCUT2D eigenvalue weighted by molar-refractivity contribution is 6.30. The van der Waals surface area contributed by atoms with Gasteiger partial charge in [0, 0.05) is 5.02 Å². The Kier molecular flexibility index (Phi) is 6.26. The number of hydrogen-bond donors (Lipinski definition) is 0. The van der Waals surface area contributed by atoms with E-state index in [1.165, 1.54) is 4.90 Å². The van der Waals surface area contributed by atoms with E-state index in [1.807, 2.05) is 42.5 Å². The molecule has 0 N–H and O–H groups in total. The van der Waals surface area contributed by atoms with E-state index < -0.39 is 18.1 Å². The van der Waals surface area contributed by atoms with Gasteiger partial charge in [0.2, 0.25) is 5.91 Å². The summed E-state index contributed by atoms with van der Waals surface area (Å²) in [4.78, 5) is 34.5. The van der Waals surface area contributed by atoms with Crippen LogP contribution in [0.25, 0.3) is 0 Å². The number of fused-ring (bicyclic) bond motifs is 1. The van der Waals surface area contributed by atoms with Gasteiger partial charge in [-0.25, -0.2) is 9.96 Å². The van der Waals surface area contributed by atoms with E-state index in [0.29, 0.717) is 23.1 Å². The first-order valence-electron chi connectivity index (χ1n) is 11.5. The van der Waals surface area contributed by atoms with Crippen molar-refractivity contribution in [1.29, 1.82) is 0 Å². The van der Waals surface area contributed by atoms with Crippen molar-refractivity contribution in [3.05, 3.63) is 89.4 Å². The molecule has 3 aromatic carbocycles. The number of anilines is 2. The molecule has 3 aromatic rings. The minimum atomic E-state index is -0.908. The Hall–Kier alpha value is -3.35. The quantitative estimate of drug-likeness (QED) is 0.329. The lowest BCUT2D eigenvalue weighted by Gasteiger charge is -2.28. The first kappa shape index (κ1) is 22.4. The summed E-state index contributed by atoms with van der Waals surface area (Å²) in [6, 6.07) is 23.4. The first-order valence-corrected chi connectivity index (χ1v) is 11.8. The van der Waals surface area contributed by atoms with Gasteiger partial charge in [-0.2, -0.15) is 0 Å². The van der Waals surface area contributed by atoms with Crippen LogP contribution in [0.4, 0.5) is 11.4 Å². The fourth-order valence-electron chi connectivity index (χ4n) is 4.49. The molecular formula is C27H25ClN2O4. The van der Waals surface area contributed by atoms with E-state index in [2.05, 4.69) is 6.92 Å². The van der Waals surface area contributed by atoms with E-state index in [0.717, 1.165) is 24.1 Å². The second kappa shape index (κ2) is 9.49. The number of benzene rings is 3. The van der Waals surface area contributed by atoms with Gasteiger partial charge in [-0.1, -0.05) is 55.3 Å². The number of carbonyl (C=O) groups is 2. The molecular weight excluding hydrogens is 452 g/mol. The maximum Gasteiger partial charge on any atom is 0.266 e. The van der Waals surface area contributed by atoms with E-state index >= 15 is 0 Å². The maximum atomic E-state index is 13.7. The Balaban J connectivity index is 1.46. The third kappa shape index (κ3) is 4.04. The van der Waals surface area contributed by atoms with E-state index in [9.17, 15) is 9.59 Å². The fraction of sp³-hybridized carbons (Fsp3) is 0.259. The van der Waals surface area contributed by atoms with Gasteiger partial charge in [0.25, 0.3) is 5.91 Å². The molecule has 2 heterocycles. The van der Waals surface area contributed by atoms with E-state index in [-0.39, 0.29) is 11.8 Å². The number of rotatable bonds is 7. The molecule has 0 bridgehead atoms. The van der Waals surface area contributed by atoms with Crippen LogP contribution in [0.5, 0.6) is 5.75 Å². The first-order chi connectivity index (χ1) is 16.6. The number of hydrogen-bond acceptors (Lipinski definition) is 5. The second-order valence-electron chi connectivity index (χ2n) is 8.42. The van der Waals surface area contributed by atoms with Crippen LogP contribution in [0.1, 0.15) is 31.4 Å². The minimum Gasteiger partial charge on any atom is -0.494 e. The molecule has 34 heavy (non-hydrogen) atoms. The third-order valence-electron chi connectivity index (χ3n) is 6.20. The Morgan fingerprint density at radius 3 is 2.26 bits per heavy atom. The molecule has 7 heteroatoms. The van der Waals surface area contributed by atoms with Gasteiger partial charge < -0.3 is 4.74 Å². The highest BCUT2D eigenvalue weighted by Gasteiger charge is 2.60. The number of para-hydroxylation sites is 1. The number of unbranched alkanes of at least 4 members (excludes halogenated alkanes) is 1. The zero-order chi connectivity index (χ0) is 23.7. The van der Waals surface area contributed by atoms with Gasteiger partial charge >= 0.3 is 0 Å². The average molecular weight is 477 g/mol. The van der Waals surface area contributed by atoms with Crippen LogP contribution >= 0.6 is 11.6 Å². The topological polar surface area (TPSA) is 59.1 Å². The molecule has 0 radical (unpaired) electrons.